The molecule has 58 valence electrons. The van der Waals surface area contributed by atoms with Crippen molar-refractivity contribution in [2.24, 2.45) is 5.92 Å². The Morgan fingerprint density at radius 1 is 1.64 bits per heavy atom. The second-order valence-corrected chi connectivity index (χ2v) is 3.28. The van der Waals surface area contributed by atoms with Crippen molar-refractivity contribution in [2.75, 3.05) is 0 Å². The van der Waals surface area contributed by atoms with Gasteiger partial charge in [-0.3, -0.25) is 4.79 Å². The molecule has 2 rings (SSSR count). The normalized spacial score (nSPS) is 23.4. The number of rotatable bonds is 0. The summed E-state index contributed by atoms with van der Waals surface area (Å²) >= 11 is 0. The highest BCUT2D eigenvalue weighted by atomic mass is 16.1. The topological polar surface area (TPSA) is 22.0 Å². The van der Waals surface area contributed by atoms with Crippen molar-refractivity contribution >= 4 is 5.78 Å². The molecule has 0 saturated heterocycles. The lowest BCUT2D eigenvalue weighted by Crippen LogP contribution is -2.22. The Morgan fingerprint density at radius 3 is 3.27 bits per heavy atom. The maximum Gasteiger partial charge on any atom is 0.179 e. The molecular formula is C9H11NO. The molecule has 2 nitrogen and oxygen atoms in total. The molecule has 0 amide bonds. The maximum absolute atomic E-state index is 11.3. The van der Waals surface area contributed by atoms with Gasteiger partial charge in [0.05, 0.1) is 5.69 Å². The summed E-state index contributed by atoms with van der Waals surface area (Å²) in [4.78, 5) is 11.3. The molecule has 1 aliphatic heterocycles. The molecule has 0 fully saturated rings. The Labute approximate surface area is 65.8 Å². The van der Waals surface area contributed by atoms with Crippen LogP contribution in [0.2, 0.25) is 0 Å². The van der Waals surface area contributed by atoms with E-state index in [1.165, 1.54) is 0 Å². The lowest BCUT2D eigenvalue weighted by atomic mass is 9.99. The minimum absolute atomic E-state index is 0.286. The molecule has 0 spiro atoms. The van der Waals surface area contributed by atoms with Gasteiger partial charge in [-0.15, -0.1) is 0 Å². The van der Waals surface area contributed by atoms with Crippen LogP contribution in [0.5, 0.6) is 0 Å². The highest BCUT2D eigenvalue weighted by Crippen LogP contribution is 2.19. The van der Waals surface area contributed by atoms with E-state index < -0.39 is 0 Å². The molecule has 0 bridgehead atoms. The first-order valence-electron chi connectivity index (χ1n) is 3.95. The van der Waals surface area contributed by atoms with E-state index in [0.717, 1.165) is 12.2 Å². The monoisotopic (exact) mass is 149 g/mol. The summed E-state index contributed by atoms with van der Waals surface area (Å²) in [5, 5.41) is 0. The highest BCUT2D eigenvalue weighted by molar-refractivity contribution is 5.95. The fourth-order valence-corrected chi connectivity index (χ4v) is 1.65. The summed E-state index contributed by atoms with van der Waals surface area (Å²) in [5.74, 6) is 0.788. The average Bonchev–Trinajstić information content (AvgIpc) is 2.34. The molecule has 0 radical (unpaired) electrons. The minimum atomic E-state index is 0.286. The van der Waals surface area contributed by atoms with Gasteiger partial charge in [0.25, 0.3) is 0 Å². The minimum Gasteiger partial charge on any atom is -0.345 e. The zero-order valence-electron chi connectivity index (χ0n) is 6.58. The lowest BCUT2D eigenvalue weighted by Gasteiger charge is -2.19. The van der Waals surface area contributed by atoms with Crippen LogP contribution in [0.15, 0.2) is 18.3 Å². The van der Waals surface area contributed by atoms with E-state index in [-0.39, 0.29) is 5.78 Å². The molecule has 2 heterocycles. The van der Waals surface area contributed by atoms with Gasteiger partial charge in [0, 0.05) is 19.2 Å². The molecular weight excluding hydrogens is 138 g/mol. The number of hydrogen-bond donors (Lipinski definition) is 0. The number of aromatic nitrogens is 1. The van der Waals surface area contributed by atoms with Gasteiger partial charge in [0.1, 0.15) is 0 Å². The molecule has 2 heteroatoms. The third kappa shape index (κ3) is 0.985. The molecule has 1 atom stereocenters. The second-order valence-electron chi connectivity index (χ2n) is 3.28. The number of Topliss-reactive ketones (excluding diaryl/α,β-unsaturated/α-hetero) is 1. The van der Waals surface area contributed by atoms with Gasteiger partial charge >= 0.3 is 0 Å². The fourth-order valence-electron chi connectivity index (χ4n) is 1.65. The van der Waals surface area contributed by atoms with Crippen LogP contribution in [0.25, 0.3) is 0 Å². The number of hydrogen-bond acceptors (Lipinski definition) is 1. The number of nitrogens with zero attached hydrogens (tertiary/aromatic N) is 1. The van der Waals surface area contributed by atoms with E-state index in [1.54, 1.807) is 0 Å². The van der Waals surface area contributed by atoms with Crippen molar-refractivity contribution < 1.29 is 4.79 Å². The zero-order chi connectivity index (χ0) is 7.84. The van der Waals surface area contributed by atoms with Gasteiger partial charge in [-0.25, -0.2) is 0 Å². The van der Waals surface area contributed by atoms with E-state index >= 15 is 0 Å². The van der Waals surface area contributed by atoms with Gasteiger partial charge < -0.3 is 4.57 Å². The molecule has 0 aliphatic carbocycles. The summed E-state index contributed by atoms with van der Waals surface area (Å²) in [6.07, 6.45) is 2.69. The third-order valence-electron chi connectivity index (χ3n) is 2.16. The van der Waals surface area contributed by atoms with Crippen molar-refractivity contribution in [1.82, 2.24) is 4.57 Å². The quantitative estimate of drug-likeness (QED) is 0.550. The summed E-state index contributed by atoms with van der Waals surface area (Å²) in [6, 6.07) is 3.83. The van der Waals surface area contributed by atoms with Crippen LogP contribution in [-0.2, 0) is 6.54 Å². The summed E-state index contributed by atoms with van der Waals surface area (Å²) in [6.45, 7) is 3.11. The first kappa shape index (κ1) is 6.65. The molecule has 0 saturated carbocycles. The number of carbonyl (C=O) groups is 1. The molecule has 1 aromatic heterocycles. The van der Waals surface area contributed by atoms with E-state index in [2.05, 4.69) is 6.92 Å². The predicted molar refractivity (Wildman–Crippen MR) is 42.5 cm³/mol. The molecule has 11 heavy (non-hydrogen) atoms. The van der Waals surface area contributed by atoms with Crippen LogP contribution in [0, 0.1) is 5.92 Å². The summed E-state index contributed by atoms with van der Waals surface area (Å²) < 4.78 is 2.04. The van der Waals surface area contributed by atoms with Crippen LogP contribution >= 0.6 is 0 Å². The Kier molecular flexibility index (Phi) is 1.34. The summed E-state index contributed by atoms with van der Waals surface area (Å²) in [5.41, 5.74) is 0.878. The van der Waals surface area contributed by atoms with E-state index in [4.69, 9.17) is 0 Å². The Morgan fingerprint density at radius 2 is 2.45 bits per heavy atom. The number of fused-ring (bicyclic) bond motifs is 1. The number of ketones is 1. The molecule has 0 unspecified atom stereocenters. The number of carbonyl (C=O) groups excluding carboxylic acids is 1. The first-order valence-corrected chi connectivity index (χ1v) is 3.95. The van der Waals surface area contributed by atoms with Crippen LogP contribution in [0.1, 0.15) is 23.8 Å². The van der Waals surface area contributed by atoms with Crippen LogP contribution in [0.3, 0.4) is 0 Å². The van der Waals surface area contributed by atoms with E-state index in [9.17, 15) is 4.79 Å². The molecule has 1 aliphatic rings. The smallest absolute Gasteiger partial charge is 0.179 e. The average molecular weight is 149 g/mol. The highest BCUT2D eigenvalue weighted by Gasteiger charge is 2.20. The summed E-state index contributed by atoms with van der Waals surface area (Å²) in [7, 11) is 0. The molecule has 0 N–H and O–H groups in total. The second kappa shape index (κ2) is 2.22. The fraction of sp³-hybridized carbons (Fsp3) is 0.444. The van der Waals surface area contributed by atoms with Crippen LogP contribution < -0.4 is 0 Å². The van der Waals surface area contributed by atoms with Crippen molar-refractivity contribution in [2.45, 2.75) is 19.9 Å². The van der Waals surface area contributed by atoms with E-state index in [1.807, 2.05) is 22.9 Å². The van der Waals surface area contributed by atoms with Crippen molar-refractivity contribution in [1.29, 1.82) is 0 Å². The third-order valence-corrected chi connectivity index (χ3v) is 2.16. The molecule has 0 aromatic carbocycles. The van der Waals surface area contributed by atoms with Crippen molar-refractivity contribution in [3.8, 4) is 0 Å². The zero-order valence-corrected chi connectivity index (χ0v) is 6.58. The Hall–Kier alpha value is -1.05. The first-order chi connectivity index (χ1) is 5.27. The predicted octanol–water partition coefficient (Wildman–Crippen LogP) is 1.71. The standard InChI is InChI=1S/C9H11NO/c1-7-5-9(11)8-3-2-4-10(8)6-7/h2-4,7H,5-6H2,1H3/t7-/m0/s1. The van der Waals surface area contributed by atoms with Crippen molar-refractivity contribution in [3.05, 3.63) is 24.0 Å². The van der Waals surface area contributed by atoms with Gasteiger partial charge in [-0.2, -0.15) is 0 Å². The van der Waals surface area contributed by atoms with Crippen LogP contribution in [0.4, 0.5) is 0 Å². The Bertz CT molecular complexity index is 288. The van der Waals surface area contributed by atoms with Crippen molar-refractivity contribution in [3.63, 3.8) is 0 Å². The van der Waals surface area contributed by atoms with Crippen LogP contribution in [-0.4, -0.2) is 10.4 Å². The lowest BCUT2D eigenvalue weighted by molar-refractivity contribution is 0.0929. The SMILES string of the molecule is C[C@H]1CC(=O)c2cccn2C1. The Balaban J connectivity index is 2.44. The van der Waals surface area contributed by atoms with Gasteiger partial charge in [0.15, 0.2) is 5.78 Å². The van der Waals surface area contributed by atoms with E-state index in [0.29, 0.717) is 12.3 Å². The molecule has 1 aromatic rings. The maximum atomic E-state index is 11.3. The largest absolute Gasteiger partial charge is 0.345 e. The van der Waals surface area contributed by atoms with Gasteiger partial charge in [-0.1, -0.05) is 6.92 Å². The van der Waals surface area contributed by atoms with Gasteiger partial charge in [-0.05, 0) is 18.1 Å². The van der Waals surface area contributed by atoms with Gasteiger partial charge in [0.2, 0.25) is 0 Å².